The van der Waals surface area contributed by atoms with Crippen LogP contribution in [0.2, 0.25) is 0 Å². The minimum Gasteiger partial charge on any atom is -0.349 e. The van der Waals surface area contributed by atoms with Crippen LogP contribution in [0.5, 0.6) is 0 Å². The van der Waals surface area contributed by atoms with E-state index in [2.05, 4.69) is 69.1 Å². The van der Waals surface area contributed by atoms with E-state index < -0.39 is 0 Å². The molecule has 1 N–H and O–H groups in total. The van der Waals surface area contributed by atoms with Crippen molar-refractivity contribution in [1.29, 1.82) is 0 Å². The molecule has 1 atom stereocenters. The Labute approximate surface area is 114 Å². The fraction of sp³-hybridized carbons (Fsp3) is 0.364. The van der Waals surface area contributed by atoms with Crippen LogP contribution < -0.4 is 5.32 Å². The van der Waals surface area contributed by atoms with E-state index in [1.165, 1.54) is 5.56 Å². The smallest absolute Gasteiger partial charge is 0.231 e. The van der Waals surface area contributed by atoms with E-state index in [9.17, 15) is 4.79 Å². The van der Waals surface area contributed by atoms with Crippen molar-refractivity contribution >= 4 is 45.4 Å². The van der Waals surface area contributed by atoms with Crippen LogP contribution in [0.4, 0.5) is 0 Å². The van der Waals surface area contributed by atoms with Gasteiger partial charge >= 0.3 is 0 Å². The van der Waals surface area contributed by atoms with Gasteiger partial charge in [-0.25, -0.2) is 0 Å². The van der Waals surface area contributed by atoms with E-state index in [1.54, 1.807) is 0 Å². The number of amides is 1. The third-order valence-electron chi connectivity index (χ3n) is 2.78. The highest BCUT2D eigenvalue weighted by atomic mass is 79.9. The van der Waals surface area contributed by atoms with E-state index >= 15 is 0 Å². The fourth-order valence-electron chi connectivity index (χ4n) is 1.64. The van der Waals surface area contributed by atoms with Gasteiger partial charge in [-0.1, -0.05) is 50.9 Å². The first kappa shape index (κ1) is 14.4. The Morgan fingerprint density at radius 3 is 2.29 bits per heavy atom. The van der Waals surface area contributed by atoms with Crippen molar-refractivity contribution in [2.75, 3.05) is 5.33 Å². The molecule has 0 aliphatic carbocycles. The zero-order chi connectivity index (χ0) is 13.1. The van der Waals surface area contributed by atoms with Gasteiger partial charge in [0.15, 0.2) is 0 Å². The standard InChI is InChI=1S/C11H17B3BrNO/c1-7(16-10(17)6-15)8-2-4-9(5-3-8)11(12,13)14/h2-5,7H,6,12-14H2,1H3,(H,16,17)/t7-/m0/s1. The Balaban J connectivity index is 2.77. The van der Waals surface area contributed by atoms with Crippen molar-refractivity contribution in [2.24, 2.45) is 0 Å². The summed E-state index contributed by atoms with van der Waals surface area (Å²) in [6, 6.07) is 8.48. The summed E-state index contributed by atoms with van der Waals surface area (Å²) < 4.78 is 0. The van der Waals surface area contributed by atoms with Crippen molar-refractivity contribution in [3.05, 3.63) is 35.4 Å². The summed E-state index contributed by atoms with van der Waals surface area (Å²) in [5.74, 6) is 0.0115. The Morgan fingerprint density at radius 2 is 1.88 bits per heavy atom. The summed E-state index contributed by atoms with van der Waals surface area (Å²) in [6.07, 6.45) is 0. The summed E-state index contributed by atoms with van der Waals surface area (Å²) in [6.45, 7) is 1.99. The molecule has 2 nitrogen and oxygen atoms in total. The second-order valence-electron chi connectivity index (χ2n) is 5.29. The summed E-state index contributed by atoms with van der Waals surface area (Å²) in [5, 5.41) is 3.43. The number of hydrogen-bond donors (Lipinski definition) is 1. The van der Waals surface area contributed by atoms with Gasteiger partial charge in [0.25, 0.3) is 0 Å². The molecule has 0 bridgehead atoms. The average molecular weight is 292 g/mol. The molecule has 0 aliphatic rings. The van der Waals surface area contributed by atoms with E-state index in [4.69, 9.17) is 0 Å². The van der Waals surface area contributed by atoms with Gasteiger partial charge in [-0.05, 0) is 12.5 Å². The molecule has 0 heterocycles. The highest BCUT2D eigenvalue weighted by Crippen LogP contribution is 2.18. The maximum atomic E-state index is 11.3. The zero-order valence-electron chi connectivity index (χ0n) is 10.9. The fourth-order valence-corrected chi connectivity index (χ4v) is 1.80. The minimum absolute atomic E-state index is 0.0115. The topological polar surface area (TPSA) is 29.1 Å². The number of rotatable bonds is 4. The van der Waals surface area contributed by atoms with E-state index in [-0.39, 0.29) is 17.1 Å². The van der Waals surface area contributed by atoms with Gasteiger partial charge in [0.2, 0.25) is 5.91 Å². The van der Waals surface area contributed by atoms with Crippen LogP contribution in [0, 0.1) is 0 Å². The minimum atomic E-state index is 0.0115. The van der Waals surface area contributed by atoms with Gasteiger partial charge in [-0.2, -0.15) is 0 Å². The molecule has 0 unspecified atom stereocenters. The van der Waals surface area contributed by atoms with Gasteiger partial charge < -0.3 is 5.32 Å². The Kier molecular flexibility index (Phi) is 4.93. The second-order valence-corrected chi connectivity index (χ2v) is 5.86. The van der Waals surface area contributed by atoms with Crippen molar-refractivity contribution in [2.45, 2.75) is 18.1 Å². The zero-order valence-corrected chi connectivity index (χ0v) is 12.5. The molecule has 1 amide bonds. The molecule has 1 aromatic rings. The van der Waals surface area contributed by atoms with Gasteiger partial charge in [0.1, 0.15) is 0 Å². The summed E-state index contributed by atoms with van der Waals surface area (Å²) >= 11 is 3.14. The summed E-state index contributed by atoms with van der Waals surface area (Å²) in [4.78, 5) is 11.3. The number of halogens is 1. The van der Waals surface area contributed by atoms with Crippen LogP contribution in [0.1, 0.15) is 24.1 Å². The average Bonchev–Trinajstić information content (AvgIpc) is 2.27. The number of nitrogens with one attached hydrogen (secondary N) is 1. The van der Waals surface area contributed by atoms with Crippen LogP contribution in [0.15, 0.2) is 24.3 Å². The molecule has 0 radical (unpaired) electrons. The molecule has 0 saturated carbocycles. The third-order valence-corrected chi connectivity index (χ3v) is 3.28. The number of carbonyl (C=O) groups excluding carboxylic acids is 1. The lowest BCUT2D eigenvalue weighted by molar-refractivity contribution is -0.119. The predicted octanol–water partition coefficient (Wildman–Crippen LogP) is -0.732. The van der Waals surface area contributed by atoms with E-state index in [0.29, 0.717) is 5.33 Å². The van der Waals surface area contributed by atoms with E-state index in [1.807, 2.05) is 6.92 Å². The van der Waals surface area contributed by atoms with Gasteiger partial charge in [-0.3, -0.25) is 4.79 Å². The van der Waals surface area contributed by atoms with Crippen LogP contribution in [0.25, 0.3) is 0 Å². The first-order chi connectivity index (χ1) is 7.84. The molecule has 0 spiro atoms. The molecule has 1 aromatic carbocycles. The predicted molar refractivity (Wildman–Crippen MR) is 84.1 cm³/mol. The molecule has 0 aromatic heterocycles. The second kappa shape index (κ2) is 5.81. The maximum absolute atomic E-state index is 11.3. The van der Waals surface area contributed by atoms with E-state index in [0.717, 1.165) is 5.56 Å². The molecule has 0 saturated heterocycles. The van der Waals surface area contributed by atoms with Crippen LogP contribution in [0.3, 0.4) is 0 Å². The molecule has 6 heteroatoms. The first-order valence-corrected chi connectivity index (χ1v) is 6.92. The molecule has 0 aliphatic heterocycles. The third kappa shape index (κ3) is 4.27. The largest absolute Gasteiger partial charge is 0.349 e. The highest BCUT2D eigenvalue weighted by molar-refractivity contribution is 9.09. The number of alkyl halides is 1. The van der Waals surface area contributed by atoms with Crippen molar-refractivity contribution in [3.63, 3.8) is 0 Å². The van der Waals surface area contributed by atoms with Gasteiger partial charge in [-0.15, -0.1) is 0 Å². The first-order valence-electron chi connectivity index (χ1n) is 5.80. The lowest BCUT2D eigenvalue weighted by Gasteiger charge is -2.20. The van der Waals surface area contributed by atoms with Crippen molar-refractivity contribution < 1.29 is 4.79 Å². The molecular weight excluding hydrogens is 274 g/mol. The number of hydrogen-bond acceptors (Lipinski definition) is 1. The maximum Gasteiger partial charge on any atom is 0.231 e. The molecule has 1 rings (SSSR count). The summed E-state index contributed by atoms with van der Waals surface area (Å²) in [7, 11) is 6.58. The monoisotopic (exact) mass is 291 g/mol. The molecule has 88 valence electrons. The van der Waals surface area contributed by atoms with Crippen molar-refractivity contribution in [1.82, 2.24) is 5.32 Å². The SMILES string of the molecule is BC(B)(B)c1ccc([C@H](C)NC(=O)CBr)cc1. The Morgan fingerprint density at radius 1 is 1.35 bits per heavy atom. The van der Waals surface area contributed by atoms with Crippen LogP contribution >= 0.6 is 15.9 Å². The Hall–Kier alpha value is -0.635. The van der Waals surface area contributed by atoms with Gasteiger partial charge in [0.05, 0.1) is 34.9 Å². The lowest BCUT2D eigenvalue weighted by atomic mass is 9.40. The lowest BCUT2D eigenvalue weighted by Crippen LogP contribution is -2.28. The molecular formula is C11H17B3BrNO. The molecule has 17 heavy (non-hydrogen) atoms. The van der Waals surface area contributed by atoms with Gasteiger partial charge in [0, 0.05) is 0 Å². The number of benzene rings is 1. The summed E-state index contributed by atoms with van der Waals surface area (Å²) in [5.41, 5.74) is 2.44. The van der Waals surface area contributed by atoms with Crippen LogP contribution in [-0.2, 0) is 9.91 Å². The molecule has 0 fully saturated rings. The number of carbonyl (C=O) groups is 1. The van der Waals surface area contributed by atoms with Crippen LogP contribution in [-0.4, -0.2) is 34.8 Å². The normalized spacial score (nSPS) is 13.1. The van der Waals surface area contributed by atoms with Crippen molar-refractivity contribution in [3.8, 4) is 0 Å². The quantitative estimate of drug-likeness (QED) is 0.575. The highest BCUT2D eigenvalue weighted by Gasteiger charge is 2.14. The Bertz CT molecular complexity index is 389.